The standard InChI is InChI=1S/C13H18N2O2/c1-9-3-6-17-10(9)8-15(2)12(16)14-11-7-13(11)4-5-13/h3,6,11H,4-5,7-8H2,1-2H3,(H,14,16). The van der Waals surface area contributed by atoms with Gasteiger partial charge in [-0.15, -0.1) is 0 Å². The molecule has 1 heterocycles. The van der Waals surface area contributed by atoms with E-state index in [0.29, 0.717) is 18.0 Å². The number of amides is 2. The van der Waals surface area contributed by atoms with E-state index >= 15 is 0 Å². The Hall–Kier alpha value is -1.45. The number of hydrogen-bond donors (Lipinski definition) is 1. The van der Waals surface area contributed by atoms with Crippen molar-refractivity contribution in [1.29, 1.82) is 0 Å². The van der Waals surface area contributed by atoms with Crippen LogP contribution in [0.1, 0.15) is 30.6 Å². The maximum atomic E-state index is 11.9. The second-order valence-electron chi connectivity index (χ2n) is 5.45. The molecule has 92 valence electrons. The van der Waals surface area contributed by atoms with E-state index < -0.39 is 0 Å². The Balaban J connectivity index is 1.53. The first-order valence-corrected chi connectivity index (χ1v) is 6.15. The van der Waals surface area contributed by atoms with E-state index in [0.717, 1.165) is 11.3 Å². The SMILES string of the molecule is Cc1ccoc1CN(C)C(=O)NC1CC12CC2. The largest absolute Gasteiger partial charge is 0.467 e. The molecule has 0 aliphatic heterocycles. The van der Waals surface area contributed by atoms with Gasteiger partial charge in [0.15, 0.2) is 0 Å². The first-order chi connectivity index (χ1) is 8.11. The Labute approximate surface area is 101 Å². The summed E-state index contributed by atoms with van der Waals surface area (Å²) in [6.07, 6.45) is 5.42. The van der Waals surface area contributed by atoms with Gasteiger partial charge in [-0.2, -0.15) is 0 Å². The summed E-state index contributed by atoms with van der Waals surface area (Å²) in [5, 5.41) is 3.08. The molecule has 1 N–H and O–H groups in total. The zero-order chi connectivity index (χ0) is 12.0. The number of nitrogens with one attached hydrogen (secondary N) is 1. The fourth-order valence-electron chi connectivity index (χ4n) is 2.38. The number of carbonyl (C=O) groups excluding carboxylic acids is 1. The quantitative estimate of drug-likeness (QED) is 0.872. The minimum atomic E-state index is 0.00887. The maximum Gasteiger partial charge on any atom is 0.317 e. The third kappa shape index (κ3) is 1.92. The van der Waals surface area contributed by atoms with Gasteiger partial charge in [0, 0.05) is 13.1 Å². The van der Waals surface area contributed by atoms with Crippen LogP contribution in [0.3, 0.4) is 0 Å². The fraction of sp³-hybridized carbons (Fsp3) is 0.615. The first-order valence-electron chi connectivity index (χ1n) is 6.15. The highest BCUT2D eigenvalue weighted by Crippen LogP contribution is 2.65. The van der Waals surface area contributed by atoms with Gasteiger partial charge in [-0.05, 0) is 43.2 Å². The highest BCUT2D eigenvalue weighted by atomic mass is 16.3. The van der Waals surface area contributed by atoms with E-state index in [-0.39, 0.29) is 6.03 Å². The Morgan fingerprint density at radius 2 is 2.41 bits per heavy atom. The van der Waals surface area contributed by atoms with Crippen LogP contribution in [0, 0.1) is 12.3 Å². The molecule has 2 saturated carbocycles. The van der Waals surface area contributed by atoms with Crippen molar-refractivity contribution in [3.05, 3.63) is 23.7 Å². The van der Waals surface area contributed by atoms with Crippen molar-refractivity contribution >= 4 is 6.03 Å². The van der Waals surface area contributed by atoms with Crippen LogP contribution in [0.25, 0.3) is 0 Å². The molecular weight excluding hydrogens is 216 g/mol. The molecule has 1 unspecified atom stereocenters. The zero-order valence-electron chi connectivity index (χ0n) is 10.3. The monoisotopic (exact) mass is 234 g/mol. The molecule has 0 aromatic carbocycles. The lowest BCUT2D eigenvalue weighted by Gasteiger charge is -2.17. The average molecular weight is 234 g/mol. The number of rotatable bonds is 3. The van der Waals surface area contributed by atoms with Crippen LogP contribution in [0.5, 0.6) is 0 Å². The van der Waals surface area contributed by atoms with Gasteiger partial charge in [-0.3, -0.25) is 0 Å². The molecule has 0 bridgehead atoms. The van der Waals surface area contributed by atoms with Crippen molar-refractivity contribution in [2.75, 3.05) is 7.05 Å². The minimum absolute atomic E-state index is 0.00887. The van der Waals surface area contributed by atoms with Gasteiger partial charge in [0.2, 0.25) is 0 Å². The van der Waals surface area contributed by atoms with Gasteiger partial charge in [0.1, 0.15) is 5.76 Å². The molecule has 2 amide bonds. The minimum Gasteiger partial charge on any atom is -0.467 e. The van der Waals surface area contributed by atoms with Gasteiger partial charge in [-0.1, -0.05) is 0 Å². The molecule has 3 rings (SSSR count). The van der Waals surface area contributed by atoms with E-state index in [2.05, 4.69) is 5.32 Å². The van der Waals surface area contributed by atoms with Crippen LogP contribution in [-0.4, -0.2) is 24.0 Å². The van der Waals surface area contributed by atoms with Crippen LogP contribution >= 0.6 is 0 Å². The molecule has 4 nitrogen and oxygen atoms in total. The zero-order valence-corrected chi connectivity index (χ0v) is 10.3. The smallest absolute Gasteiger partial charge is 0.317 e. The van der Waals surface area contributed by atoms with Crippen molar-refractivity contribution < 1.29 is 9.21 Å². The van der Waals surface area contributed by atoms with E-state index in [1.165, 1.54) is 19.3 Å². The topological polar surface area (TPSA) is 45.5 Å². The summed E-state index contributed by atoms with van der Waals surface area (Å²) in [7, 11) is 1.80. The van der Waals surface area contributed by atoms with Gasteiger partial charge < -0.3 is 14.6 Å². The summed E-state index contributed by atoms with van der Waals surface area (Å²) in [6, 6.07) is 2.35. The summed E-state index contributed by atoms with van der Waals surface area (Å²) in [4.78, 5) is 13.6. The molecule has 0 saturated heterocycles. The number of carbonyl (C=O) groups is 1. The highest BCUT2D eigenvalue weighted by Gasteiger charge is 2.63. The third-order valence-corrected chi connectivity index (χ3v) is 4.08. The Kier molecular flexibility index (Phi) is 2.21. The summed E-state index contributed by atoms with van der Waals surface area (Å²) in [6.45, 7) is 2.52. The lowest BCUT2D eigenvalue weighted by Crippen LogP contribution is -2.38. The molecule has 17 heavy (non-hydrogen) atoms. The van der Waals surface area contributed by atoms with Crippen molar-refractivity contribution in [2.45, 2.75) is 38.8 Å². The number of nitrogens with zero attached hydrogens (tertiary/aromatic N) is 1. The summed E-state index contributed by atoms with van der Waals surface area (Å²) in [5.74, 6) is 0.861. The van der Waals surface area contributed by atoms with Crippen molar-refractivity contribution in [3.63, 3.8) is 0 Å². The van der Waals surface area contributed by atoms with Crippen molar-refractivity contribution in [1.82, 2.24) is 10.2 Å². The molecule has 2 aliphatic carbocycles. The van der Waals surface area contributed by atoms with E-state index in [9.17, 15) is 4.79 Å². The van der Waals surface area contributed by atoms with Crippen molar-refractivity contribution in [3.8, 4) is 0 Å². The predicted octanol–water partition coefficient (Wildman–Crippen LogP) is 2.28. The maximum absolute atomic E-state index is 11.9. The predicted molar refractivity (Wildman–Crippen MR) is 63.5 cm³/mol. The number of aryl methyl sites for hydroxylation is 1. The number of furan rings is 1. The molecule has 1 atom stereocenters. The Morgan fingerprint density at radius 3 is 2.94 bits per heavy atom. The van der Waals surface area contributed by atoms with Crippen LogP contribution in [-0.2, 0) is 6.54 Å². The van der Waals surface area contributed by atoms with Gasteiger partial charge in [-0.25, -0.2) is 4.79 Å². The van der Waals surface area contributed by atoms with E-state index in [1.54, 1.807) is 18.2 Å². The van der Waals surface area contributed by atoms with Crippen LogP contribution in [0.4, 0.5) is 4.79 Å². The third-order valence-electron chi connectivity index (χ3n) is 4.08. The van der Waals surface area contributed by atoms with E-state index in [1.807, 2.05) is 13.0 Å². The first kappa shape index (κ1) is 10.7. The van der Waals surface area contributed by atoms with E-state index in [4.69, 9.17) is 4.42 Å². The number of hydrogen-bond acceptors (Lipinski definition) is 2. The average Bonchev–Trinajstić information content (AvgIpc) is 3.16. The molecule has 2 fully saturated rings. The summed E-state index contributed by atoms with van der Waals surface area (Å²) < 4.78 is 5.34. The van der Waals surface area contributed by atoms with Gasteiger partial charge in [0.25, 0.3) is 0 Å². The molecular formula is C13H18N2O2. The van der Waals surface area contributed by atoms with Crippen LogP contribution in [0.15, 0.2) is 16.7 Å². The molecule has 1 spiro atoms. The fourth-order valence-corrected chi connectivity index (χ4v) is 2.38. The van der Waals surface area contributed by atoms with Gasteiger partial charge in [0.05, 0.1) is 12.8 Å². The second-order valence-corrected chi connectivity index (χ2v) is 5.45. The van der Waals surface area contributed by atoms with Crippen LogP contribution < -0.4 is 5.32 Å². The lowest BCUT2D eigenvalue weighted by atomic mass is 10.3. The summed E-state index contributed by atoms with van der Waals surface area (Å²) in [5.41, 5.74) is 1.60. The molecule has 2 aliphatic rings. The molecule has 4 heteroatoms. The molecule has 1 aromatic rings. The molecule has 0 radical (unpaired) electrons. The normalized spacial score (nSPS) is 23.5. The Bertz CT molecular complexity index is 448. The molecule has 1 aromatic heterocycles. The number of urea groups is 1. The lowest BCUT2D eigenvalue weighted by molar-refractivity contribution is 0.201. The van der Waals surface area contributed by atoms with Crippen molar-refractivity contribution in [2.24, 2.45) is 5.41 Å². The van der Waals surface area contributed by atoms with Gasteiger partial charge >= 0.3 is 6.03 Å². The second kappa shape index (κ2) is 3.52. The Morgan fingerprint density at radius 1 is 1.65 bits per heavy atom. The highest BCUT2D eigenvalue weighted by molar-refractivity contribution is 5.75. The van der Waals surface area contributed by atoms with Crippen LogP contribution in [0.2, 0.25) is 0 Å². The summed E-state index contributed by atoms with van der Waals surface area (Å²) >= 11 is 0.